The summed E-state index contributed by atoms with van der Waals surface area (Å²) in [6, 6.07) is 0.437. The van der Waals surface area contributed by atoms with E-state index in [-0.39, 0.29) is 0 Å². The molecular formula is C19H39N. The molecule has 0 radical (unpaired) electrons. The van der Waals surface area contributed by atoms with E-state index in [1.807, 2.05) is 0 Å². The van der Waals surface area contributed by atoms with Gasteiger partial charge in [-0.1, -0.05) is 77.4 Å². The second-order valence-electron chi connectivity index (χ2n) is 6.19. The molecule has 1 nitrogen and oxygen atoms in total. The van der Waals surface area contributed by atoms with Crippen LogP contribution in [0.1, 0.15) is 104 Å². The molecule has 20 heavy (non-hydrogen) atoms. The summed E-state index contributed by atoms with van der Waals surface area (Å²) in [6.07, 6.45) is 23.5. The van der Waals surface area contributed by atoms with Crippen LogP contribution in [0.3, 0.4) is 0 Å². The van der Waals surface area contributed by atoms with Crippen molar-refractivity contribution in [2.75, 3.05) is 0 Å². The van der Waals surface area contributed by atoms with Gasteiger partial charge in [0.15, 0.2) is 0 Å². The molecule has 0 aliphatic rings. The van der Waals surface area contributed by atoms with Crippen LogP contribution in [-0.2, 0) is 0 Å². The van der Waals surface area contributed by atoms with Crippen molar-refractivity contribution < 1.29 is 0 Å². The summed E-state index contributed by atoms with van der Waals surface area (Å²) in [7, 11) is 0. The fourth-order valence-electron chi connectivity index (χ4n) is 2.50. The molecule has 0 amide bonds. The molecule has 0 aromatic carbocycles. The van der Waals surface area contributed by atoms with Gasteiger partial charge in [-0.3, -0.25) is 0 Å². The second-order valence-corrected chi connectivity index (χ2v) is 6.19. The average Bonchev–Trinajstić information content (AvgIpc) is 2.47. The molecular weight excluding hydrogens is 242 g/mol. The van der Waals surface area contributed by atoms with Gasteiger partial charge in [0.25, 0.3) is 0 Å². The smallest absolute Gasteiger partial charge is 0.00362 e. The van der Waals surface area contributed by atoms with E-state index in [9.17, 15) is 0 Å². The fourth-order valence-corrected chi connectivity index (χ4v) is 2.50. The minimum atomic E-state index is 0.437. The van der Waals surface area contributed by atoms with Crippen LogP contribution in [0.25, 0.3) is 0 Å². The molecule has 0 aliphatic carbocycles. The van der Waals surface area contributed by atoms with E-state index in [2.05, 4.69) is 26.0 Å². The fraction of sp³-hybridized carbons (Fsp3) is 0.895. The van der Waals surface area contributed by atoms with Crippen molar-refractivity contribution in [3.8, 4) is 0 Å². The van der Waals surface area contributed by atoms with Crippen molar-refractivity contribution in [2.24, 2.45) is 5.73 Å². The van der Waals surface area contributed by atoms with Crippen molar-refractivity contribution in [1.82, 2.24) is 0 Å². The first-order chi connectivity index (χ1) is 9.81. The summed E-state index contributed by atoms with van der Waals surface area (Å²) in [5.41, 5.74) is 5.91. The van der Waals surface area contributed by atoms with E-state index in [0.717, 1.165) is 6.42 Å². The standard InChI is InChI=1S/C19H39N/c1-3-5-6-7-8-9-10-11-12-13-14-15-16-17-18-19(20)4-2/h11-12,19H,3-10,13-18,20H2,1-2H3/b12-11+. The third-order valence-corrected chi connectivity index (χ3v) is 4.11. The molecule has 1 heteroatoms. The molecule has 0 saturated carbocycles. The van der Waals surface area contributed by atoms with E-state index in [1.54, 1.807) is 0 Å². The van der Waals surface area contributed by atoms with Gasteiger partial charge >= 0.3 is 0 Å². The number of hydrogen-bond acceptors (Lipinski definition) is 1. The van der Waals surface area contributed by atoms with Crippen LogP contribution in [0.4, 0.5) is 0 Å². The van der Waals surface area contributed by atoms with Crippen molar-refractivity contribution in [3.05, 3.63) is 12.2 Å². The van der Waals surface area contributed by atoms with Crippen LogP contribution in [0.2, 0.25) is 0 Å². The predicted octanol–water partition coefficient (Wildman–Crippen LogP) is 6.37. The second kappa shape index (κ2) is 16.8. The number of allylic oxidation sites excluding steroid dienone is 2. The van der Waals surface area contributed by atoms with Crippen molar-refractivity contribution in [3.63, 3.8) is 0 Å². The first-order valence-corrected chi connectivity index (χ1v) is 9.21. The highest BCUT2D eigenvalue weighted by molar-refractivity contribution is 4.81. The van der Waals surface area contributed by atoms with Crippen LogP contribution in [0, 0.1) is 0 Å². The predicted molar refractivity (Wildman–Crippen MR) is 93.1 cm³/mol. The van der Waals surface area contributed by atoms with Gasteiger partial charge in [0.1, 0.15) is 0 Å². The lowest BCUT2D eigenvalue weighted by molar-refractivity contribution is 0.533. The Balaban J connectivity index is 3.09. The largest absolute Gasteiger partial charge is 0.328 e. The molecule has 0 saturated heterocycles. The Hall–Kier alpha value is -0.300. The molecule has 0 aromatic rings. The Morgan fingerprint density at radius 3 is 1.75 bits per heavy atom. The molecule has 0 heterocycles. The van der Waals surface area contributed by atoms with Crippen LogP contribution < -0.4 is 5.73 Å². The minimum absolute atomic E-state index is 0.437. The Morgan fingerprint density at radius 2 is 1.20 bits per heavy atom. The highest BCUT2D eigenvalue weighted by atomic mass is 14.6. The van der Waals surface area contributed by atoms with Crippen LogP contribution in [-0.4, -0.2) is 6.04 Å². The lowest BCUT2D eigenvalue weighted by Crippen LogP contribution is -2.17. The summed E-state index contributed by atoms with van der Waals surface area (Å²) >= 11 is 0. The molecule has 0 fully saturated rings. The average molecular weight is 282 g/mol. The zero-order chi connectivity index (χ0) is 14.9. The number of rotatable bonds is 15. The zero-order valence-corrected chi connectivity index (χ0v) is 14.2. The van der Waals surface area contributed by atoms with Gasteiger partial charge in [0.05, 0.1) is 0 Å². The van der Waals surface area contributed by atoms with E-state index in [0.29, 0.717) is 6.04 Å². The molecule has 2 N–H and O–H groups in total. The Morgan fingerprint density at radius 1 is 0.700 bits per heavy atom. The molecule has 0 aromatic heterocycles. The topological polar surface area (TPSA) is 26.0 Å². The van der Waals surface area contributed by atoms with Crippen molar-refractivity contribution in [1.29, 1.82) is 0 Å². The SMILES string of the molecule is CCCCCCCC/C=C/CCCCCCC(N)CC. The molecule has 1 atom stereocenters. The monoisotopic (exact) mass is 281 g/mol. The molecule has 0 aliphatic heterocycles. The van der Waals surface area contributed by atoms with E-state index in [4.69, 9.17) is 5.73 Å². The van der Waals surface area contributed by atoms with Gasteiger partial charge in [-0.25, -0.2) is 0 Å². The third-order valence-electron chi connectivity index (χ3n) is 4.11. The summed E-state index contributed by atoms with van der Waals surface area (Å²) in [5.74, 6) is 0. The molecule has 120 valence electrons. The third kappa shape index (κ3) is 15.8. The van der Waals surface area contributed by atoms with Gasteiger partial charge in [-0.05, 0) is 38.5 Å². The maximum Gasteiger partial charge on any atom is 0.00362 e. The van der Waals surface area contributed by atoms with Gasteiger partial charge in [0.2, 0.25) is 0 Å². The van der Waals surface area contributed by atoms with Gasteiger partial charge < -0.3 is 5.73 Å². The number of unbranched alkanes of at least 4 members (excludes halogenated alkanes) is 10. The molecule has 0 spiro atoms. The molecule has 0 rings (SSSR count). The molecule has 1 unspecified atom stereocenters. The van der Waals surface area contributed by atoms with E-state index < -0.39 is 0 Å². The van der Waals surface area contributed by atoms with Crippen molar-refractivity contribution >= 4 is 0 Å². The van der Waals surface area contributed by atoms with Gasteiger partial charge in [0, 0.05) is 6.04 Å². The summed E-state index contributed by atoms with van der Waals surface area (Å²) in [4.78, 5) is 0. The normalized spacial score (nSPS) is 13.2. The van der Waals surface area contributed by atoms with E-state index >= 15 is 0 Å². The van der Waals surface area contributed by atoms with Crippen LogP contribution in [0.5, 0.6) is 0 Å². The van der Waals surface area contributed by atoms with E-state index in [1.165, 1.54) is 83.5 Å². The van der Waals surface area contributed by atoms with Crippen LogP contribution >= 0.6 is 0 Å². The highest BCUT2D eigenvalue weighted by Crippen LogP contribution is 2.10. The number of nitrogens with two attached hydrogens (primary N) is 1. The maximum absolute atomic E-state index is 5.91. The summed E-state index contributed by atoms with van der Waals surface area (Å²) < 4.78 is 0. The maximum atomic E-state index is 5.91. The molecule has 0 bridgehead atoms. The first kappa shape index (κ1) is 19.7. The van der Waals surface area contributed by atoms with Gasteiger partial charge in [-0.15, -0.1) is 0 Å². The van der Waals surface area contributed by atoms with Gasteiger partial charge in [-0.2, -0.15) is 0 Å². The van der Waals surface area contributed by atoms with Crippen LogP contribution in [0.15, 0.2) is 12.2 Å². The lowest BCUT2D eigenvalue weighted by Gasteiger charge is -2.07. The van der Waals surface area contributed by atoms with Crippen molar-refractivity contribution in [2.45, 2.75) is 110 Å². The highest BCUT2D eigenvalue weighted by Gasteiger charge is 1.97. The quantitative estimate of drug-likeness (QED) is 0.274. The lowest BCUT2D eigenvalue weighted by atomic mass is 10.1. The minimum Gasteiger partial charge on any atom is -0.328 e. The summed E-state index contributed by atoms with van der Waals surface area (Å²) in [6.45, 7) is 4.46. The Kier molecular flexibility index (Phi) is 16.5. The Labute approximate surface area is 128 Å². The number of hydrogen-bond donors (Lipinski definition) is 1. The summed E-state index contributed by atoms with van der Waals surface area (Å²) in [5, 5.41) is 0. The zero-order valence-electron chi connectivity index (χ0n) is 14.2. The first-order valence-electron chi connectivity index (χ1n) is 9.21. The Bertz CT molecular complexity index is 198.